The second kappa shape index (κ2) is 8.99. The van der Waals surface area contributed by atoms with Gasteiger partial charge < -0.3 is 16.0 Å². The molecule has 176 valence electrons. The number of hydrogen-bond acceptors (Lipinski definition) is 6. The molecule has 3 heterocycles. The van der Waals surface area contributed by atoms with Crippen LogP contribution in [0.2, 0.25) is 0 Å². The molecule has 0 bridgehead atoms. The molecule has 1 aromatic carbocycles. The van der Waals surface area contributed by atoms with Crippen molar-refractivity contribution in [3.63, 3.8) is 0 Å². The summed E-state index contributed by atoms with van der Waals surface area (Å²) in [6.07, 6.45) is 3.28. The van der Waals surface area contributed by atoms with Crippen molar-refractivity contribution in [3.05, 3.63) is 24.3 Å². The quantitative estimate of drug-likeness (QED) is 0.368. The van der Waals surface area contributed by atoms with Gasteiger partial charge in [0.05, 0.1) is 28.0 Å². The Morgan fingerprint density at radius 1 is 1.16 bits per heavy atom. The van der Waals surface area contributed by atoms with Gasteiger partial charge in [-0.15, -0.1) is 0 Å². The summed E-state index contributed by atoms with van der Waals surface area (Å²) in [5.74, 6) is -0.318. The number of unbranched alkanes of at least 4 members (excludes halogenated alkanes) is 1. The van der Waals surface area contributed by atoms with Crippen molar-refractivity contribution in [1.29, 1.82) is 0 Å². The normalized spacial score (nSPS) is 27.0. The van der Waals surface area contributed by atoms with Gasteiger partial charge in [-0.25, -0.2) is 21.6 Å². The summed E-state index contributed by atoms with van der Waals surface area (Å²) >= 11 is 0. The van der Waals surface area contributed by atoms with Crippen molar-refractivity contribution < 1.29 is 26.4 Å². The van der Waals surface area contributed by atoms with Gasteiger partial charge in [0.15, 0.2) is 9.84 Å². The zero-order valence-electron chi connectivity index (χ0n) is 17.6. The predicted molar refractivity (Wildman–Crippen MR) is 118 cm³/mol. The predicted octanol–water partition coefficient (Wildman–Crippen LogP) is 0.817. The summed E-state index contributed by atoms with van der Waals surface area (Å²) in [4.78, 5) is 23.9. The van der Waals surface area contributed by atoms with Gasteiger partial charge in [-0.05, 0) is 43.9 Å². The second-order valence-corrected chi connectivity index (χ2v) is 12.8. The molecule has 3 saturated heterocycles. The minimum absolute atomic E-state index is 0.0573. The molecule has 32 heavy (non-hydrogen) atoms. The zero-order valence-corrected chi connectivity index (χ0v) is 19.3. The van der Waals surface area contributed by atoms with E-state index in [1.165, 1.54) is 16.4 Å². The molecule has 3 atom stereocenters. The lowest BCUT2D eigenvalue weighted by Gasteiger charge is -2.16. The summed E-state index contributed by atoms with van der Waals surface area (Å²) in [5, 5.41) is 7.40. The minimum Gasteiger partial charge on any atom is -0.332 e. The number of sulfonamides is 1. The van der Waals surface area contributed by atoms with Gasteiger partial charge in [-0.3, -0.25) is 4.79 Å². The maximum Gasteiger partial charge on any atom is 0.315 e. The van der Waals surface area contributed by atoms with E-state index in [0.717, 1.165) is 12.8 Å². The Morgan fingerprint density at radius 2 is 1.91 bits per heavy atom. The van der Waals surface area contributed by atoms with E-state index in [1.807, 2.05) is 0 Å². The molecule has 3 fully saturated rings. The van der Waals surface area contributed by atoms with Crippen molar-refractivity contribution in [2.24, 2.45) is 0 Å². The number of anilines is 1. The highest BCUT2D eigenvalue weighted by molar-refractivity contribution is 7.92. The third-order valence-corrected chi connectivity index (χ3v) is 10.5. The lowest BCUT2D eigenvalue weighted by molar-refractivity contribution is -0.116. The summed E-state index contributed by atoms with van der Waals surface area (Å²) in [7, 11) is -6.84. The van der Waals surface area contributed by atoms with E-state index in [4.69, 9.17) is 0 Å². The Hall–Kier alpha value is -2.18. The van der Waals surface area contributed by atoms with Crippen molar-refractivity contribution >= 4 is 37.5 Å². The SMILES string of the molecule is O=C(CCCC[C@@H]1[C@H]2NC(=O)N[C@H]2CS1(=O)=O)Nc1cccc(S(=O)(=O)N2CCCC2)c1. The van der Waals surface area contributed by atoms with E-state index in [-0.39, 0.29) is 35.0 Å². The fraction of sp³-hybridized carbons (Fsp3) is 0.600. The fourth-order valence-electron chi connectivity index (χ4n) is 4.67. The molecule has 0 saturated carbocycles. The summed E-state index contributed by atoms with van der Waals surface area (Å²) in [6, 6.07) is 5.09. The summed E-state index contributed by atoms with van der Waals surface area (Å²) in [5.41, 5.74) is 0.413. The monoisotopic (exact) mass is 484 g/mol. The molecule has 3 aliphatic heterocycles. The molecule has 1 aromatic rings. The Morgan fingerprint density at radius 3 is 2.66 bits per heavy atom. The highest BCUT2D eigenvalue weighted by Gasteiger charge is 2.51. The maximum absolute atomic E-state index is 12.7. The van der Waals surface area contributed by atoms with Gasteiger partial charge in [0.2, 0.25) is 15.9 Å². The molecular weight excluding hydrogens is 456 g/mol. The third-order valence-electron chi connectivity index (χ3n) is 6.28. The van der Waals surface area contributed by atoms with E-state index in [1.54, 1.807) is 12.1 Å². The van der Waals surface area contributed by atoms with Crippen LogP contribution in [-0.2, 0) is 24.7 Å². The van der Waals surface area contributed by atoms with Crippen LogP contribution in [0.25, 0.3) is 0 Å². The number of carbonyl (C=O) groups is 2. The van der Waals surface area contributed by atoms with Crippen molar-refractivity contribution in [2.75, 3.05) is 24.2 Å². The number of carbonyl (C=O) groups excluding carboxylic acids is 2. The number of urea groups is 1. The van der Waals surface area contributed by atoms with E-state index in [2.05, 4.69) is 16.0 Å². The molecule has 12 heteroatoms. The molecule has 3 aliphatic rings. The number of nitrogens with one attached hydrogen (secondary N) is 3. The topological polar surface area (TPSA) is 142 Å². The number of amides is 3. The minimum atomic E-state index is -3.56. The molecule has 4 rings (SSSR count). The highest BCUT2D eigenvalue weighted by atomic mass is 32.2. The summed E-state index contributed by atoms with van der Waals surface area (Å²) < 4.78 is 51.5. The fourth-order valence-corrected chi connectivity index (χ4v) is 8.50. The molecule has 0 radical (unpaired) electrons. The summed E-state index contributed by atoms with van der Waals surface area (Å²) in [6.45, 7) is 1.02. The number of sulfone groups is 1. The Bertz CT molecular complexity index is 1100. The lowest BCUT2D eigenvalue weighted by atomic mass is 10.0. The zero-order chi connectivity index (χ0) is 22.9. The molecule has 3 N–H and O–H groups in total. The first-order chi connectivity index (χ1) is 15.2. The first kappa shape index (κ1) is 23.0. The molecular formula is C20H28N4O6S2. The number of nitrogens with zero attached hydrogens (tertiary/aromatic N) is 1. The van der Waals surface area contributed by atoms with E-state index in [9.17, 15) is 26.4 Å². The van der Waals surface area contributed by atoms with Gasteiger partial charge in [0, 0.05) is 25.2 Å². The second-order valence-electron chi connectivity index (χ2n) is 8.55. The van der Waals surface area contributed by atoms with Gasteiger partial charge in [0.1, 0.15) is 0 Å². The number of rotatable bonds is 8. The molecule has 10 nitrogen and oxygen atoms in total. The molecule has 0 aromatic heterocycles. The van der Waals surface area contributed by atoms with Crippen LogP contribution < -0.4 is 16.0 Å². The lowest BCUT2D eigenvalue weighted by Crippen LogP contribution is -2.39. The average Bonchev–Trinajstić information content (AvgIpc) is 3.42. The molecule has 0 unspecified atom stereocenters. The third kappa shape index (κ3) is 4.76. The van der Waals surface area contributed by atoms with Crippen molar-refractivity contribution in [1.82, 2.24) is 14.9 Å². The Kier molecular flexibility index (Phi) is 6.46. The largest absolute Gasteiger partial charge is 0.332 e. The van der Waals surface area contributed by atoms with Crippen LogP contribution in [0.15, 0.2) is 29.2 Å². The van der Waals surface area contributed by atoms with Crippen molar-refractivity contribution in [2.45, 2.75) is 60.8 Å². The first-order valence-corrected chi connectivity index (χ1v) is 14.0. The van der Waals surface area contributed by atoms with Crippen LogP contribution in [0.4, 0.5) is 10.5 Å². The van der Waals surface area contributed by atoms with E-state index < -0.39 is 31.2 Å². The molecule has 3 amide bonds. The number of fused-ring (bicyclic) bond motifs is 1. The van der Waals surface area contributed by atoms with Crippen LogP contribution in [0.5, 0.6) is 0 Å². The Balaban J connectivity index is 1.27. The van der Waals surface area contributed by atoms with Crippen LogP contribution >= 0.6 is 0 Å². The van der Waals surface area contributed by atoms with Gasteiger partial charge >= 0.3 is 6.03 Å². The number of hydrogen-bond donors (Lipinski definition) is 3. The van der Waals surface area contributed by atoms with Gasteiger partial charge in [-0.1, -0.05) is 12.5 Å². The van der Waals surface area contributed by atoms with Crippen molar-refractivity contribution in [3.8, 4) is 0 Å². The van der Waals surface area contributed by atoms with Gasteiger partial charge in [0.25, 0.3) is 0 Å². The van der Waals surface area contributed by atoms with E-state index in [0.29, 0.717) is 38.0 Å². The van der Waals surface area contributed by atoms with Crippen LogP contribution in [0.1, 0.15) is 38.5 Å². The smallest absolute Gasteiger partial charge is 0.315 e. The molecule has 0 aliphatic carbocycles. The van der Waals surface area contributed by atoms with Crippen LogP contribution in [-0.4, -0.2) is 69.3 Å². The number of benzene rings is 1. The maximum atomic E-state index is 12.7. The molecule has 0 spiro atoms. The highest BCUT2D eigenvalue weighted by Crippen LogP contribution is 2.28. The average molecular weight is 485 g/mol. The van der Waals surface area contributed by atoms with Crippen LogP contribution in [0.3, 0.4) is 0 Å². The Labute approximate surface area is 188 Å². The van der Waals surface area contributed by atoms with Crippen LogP contribution in [0, 0.1) is 0 Å². The first-order valence-electron chi connectivity index (χ1n) is 10.9. The standard InChI is InChI=1S/C20H28N4O6S2/c25-18(9-2-1-8-17-19-16(13-31(17,27)28)22-20(26)23-19)21-14-6-5-7-15(12-14)32(29,30)24-10-3-4-11-24/h5-7,12,16-17,19H,1-4,8-11,13H2,(H,21,25)(H2,22,23,26)/t16-,17+,19-/m0/s1. The van der Waals surface area contributed by atoms with E-state index >= 15 is 0 Å². The van der Waals surface area contributed by atoms with Gasteiger partial charge in [-0.2, -0.15) is 4.31 Å².